The molecule has 0 atom stereocenters. The number of pyridine rings is 1. The highest BCUT2D eigenvalue weighted by atomic mass is 32.1. The highest BCUT2D eigenvalue weighted by molar-refractivity contribution is 7.80. The molecule has 0 bridgehead atoms. The molecule has 0 aliphatic rings. The van der Waals surface area contributed by atoms with Crippen LogP contribution in [-0.4, -0.2) is 21.9 Å². The molecular formula is C21H16F2N4O3S. The Hall–Kier alpha value is -3.92. The Morgan fingerprint density at radius 2 is 1.74 bits per heavy atom. The van der Waals surface area contributed by atoms with Crippen LogP contribution < -0.4 is 21.1 Å². The number of nitrogens with zero attached hydrogens (tertiary/aromatic N) is 1. The first-order chi connectivity index (χ1) is 14.8. The van der Waals surface area contributed by atoms with Gasteiger partial charge in [0.2, 0.25) is 5.91 Å². The maximum Gasteiger partial charge on any atom is 0.267 e. The quantitative estimate of drug-likeness (QED) is 0.506. The summed E-state index contributed by atoms with van der Waals surface area (Å²) in [6, 6.07) is 12.2. The van der Waals surface area contributed by atoms with Gasteiger partial charge in [-0.15, -0.1) is 0 Å². The lowest BCUT2D eigenvalue weighted by molar-refractivity contribution is -0.119. The van der Waals surface area contributed by atoms with Gasteiger partial charge in [-0.05, 0) is 48.1 Å². The average Bonchev–Trinajstić information content (AvgIpc) is 2.72. The molecule has 1 heterocycles. The highest BCUT2D eigenvalue weighted by Crippen LogP contribution is 2.25. The number of hydrogen-bond donors (Lipinski definition) is 3. The van der Waals surface area contributed by atoms with Crippen LogP contribution in [0.4, 0.5) is 14.5 Å². The largest absolute Gasteiger partial charge is 0.457 e. The fraction of sp³-hybridized carbons (Fsp3) is 0.0476. The Morgan fingerprint density at radius 3 is 2.42 bits per heavy atom. The van der Waals surface area contributed by atoms with Crippen LogP contribution in [0.5, 0.6) is 11.5 Å². The van der Waals surface area contributed by atoms with Gasteiger partial charge in [-0.1, -0.05) is 12.1 Å². The third-order valence-corrected chi connectivity index (χ3v) is 4.14. The second kappa shape index (κ2) is 9.72. The third-order valence-electron chi connectivity index (χ3n) is 3.94. The summed E-state index contributed by atoms with van der Waals surface area (Å²) in [6.45, 7) is 0. The molecule has 0 fully saturated rings. The van der Waals surface area contributed by atoms with E-state index in [0.717, 1.165) is 6.07 Å². The summed E-state index contributed by atoms with van der Waals surface area (Å²) < 4.78 is 32.8. The lowest BCUT2D eigenvalue weighted by Crippen LogP contribution is -2.35. The van der Waals surface area contributed by atoms with Crippen molar-refractivity contribution in [2.45, 2.75) is 6.42 Å². The maximum absolute atomic E-state index is 14.4. The molecule has 3 aromatic rings. The van der Waals surface area contributed by atoms with E-state index in [1.165, 1.54) is 54.7 Å². The standard InChI is InChI=1S/C21H16F2N4O3S/c22-13-3-1-12(2-4-13)9-19(28)27-21(31)26-17-6-5-14(10-16(17)23)30-15-7-8-25-18(11-15)20(24)29/h1-8,10-11H,9H2,(H2,24,29)(H2,26,27,28,31). The van der Waals surface area contributed by atoms with Gasteiger partial charge in [0.25, 0.3) is 5.91 Å². The smallest absolute Gasteiger partial charge is 0.267 e. The van der Waals surface area contributed by atoms with Crippen molar-refractivity contribution in [2.75, 3.05) is 5.32 Å². The molecule has 2 aromatic carbocycles. The van der Waals surface area contributed by atoms with Gasteiger partial charge in [-0.2, -0.15) is 0 Å². The predicted octanol–water partition coefficient (Wildman–Crippen LogP) is 3.31. The van der Waals surface area contributed by atoms with Crippen molar-refractivity contribution < 1.29 is 23.1 Å². The molecule has 0 unspecified atom stereocenters. The molecule has 10 heteroatoms. The summed E-state index contributed by atoms with van der Waals surface area (Å²) in [7, 11) is 0. The molecule has 3 rings (SSSR count). The summed E-state index contributed by atoms with van der Waals surface area (Å²) in [5.41, 5.74) is 5.80. The van der Waals surface area contributed by atoms with E-state index in [1.807, 2.05) is 0 Å². The first-order valence-electron chi connectivity index (χ1n) is 8.88. The van der Waals surface area contributed by atoms with Crippen LogP contribution in [0.25, 0.3) is 0 Å². The predicted molar refractivity (Wildman–Crippen MR) is 114 cm³/mol. The molecule has 0 aliphatic carbocycles. The molecule has 1 aromatic heterocycles. The van der Waals surface area contributed by atoms with E-state index < -0.39 is 23.4 Å². The van der Waals surface area contributed by atoms with Crippen LogP contribution in [0.15, 0.2) is 60.8 Å². The minimum Gasteiger partial charge on any atom is -0.457 e. The second-order valence-electron chi connectivity index (χ2n) is 6.29. The summed E-state index contributed by atoms with van der Waals surface area (Å²) in [5.74, 6) is -1.82. The highest BCUT2D eigenvalue weighted by Gasteiger charge is 2.11. The number of nitrogens with one attached hydrogen (secondary N) is 2. The third kappa shape index (κ3) is 6.28. The summed E-state index contributed by atoms with van der Waals surface area (Å²) in [5, 5.41) is 4.92. The van der Waals surface area contributed by atoms with Crippen LogP contribution in [0.1, 0.15) is 16.1 Å². The van der Waals surface area contributed by atoms with Gasteiger partial charge < -0.3 is 21.1 Å². The number of carbonyl (C=O) groups excluding carboxylic acids is 2. The van der Waals surface area contributed by atoms with E-state index in [9.17, 15) is 18.4 Å². The fourth-order valence-corrected chi connectivity index (χ4v) is 2.74. The molecule has 0 aliphatic heterocycles. The Balaban J connectivity index is 1.58. The minimum atomic E-state index is -0.717. The molecule has 0 saturated carbocycles. The first-order valence-corrected chi connectivity index (χ1v) is 9.29. The fourth-order valence-electron chi connectivity index (χ4n) is 2.52. The molecule has 2 amide bonds. The Kier molecular flexibility index (Phi) is 6.83. The van der Waals surface area contributed by atoms with Gasteiger partial charge in [0, 0.05) is 18.3 Å². The number of carbonyl (C=O) groups is 2. The molecule has 0 radical (unpaired) electrons. The van der Waals surface area contributed by atoms with E-state index in [0.29, 0.717) is 5.56 Å². The zero-order valence-electron chi connectivity index (χ0n) is 15.9. The zero-order valence-corrected chi connectivity index (χ0v) is 16.7. The molecule has 31 heavy (non-hydrogen) atoms. The topological polar surface area (TPSA) is 106 Å². The Bertz CT molecular complexity index is 1140. The number of rotatable bonds is 6. The number of aromatic nitrogens is 1. The van der Waals surface area contributed by atoms with Crippen LogP contribution >= 0.6 is 12.2 Å². The second-order valence-corrected chi connectivity index (χ2v) is 6.70. The Labute approximate surface area is 181 Å². The van der Waals surface area contributed by atoms with Crippen molar-refractivity contribution in [1.29, 1.82) is 0 Å². The van der Waals surface area contributed by atoms with Crippen molar-refractivity contribution in [3.8, 4) is 11.5 Å². The van der Waals surface area contributed by atoms with Crippen molar-refractivity contribution in [3.63, 3.8) is 0 Å². The number of nitrogens with two attached hydrogens (primary N) is 1. The number of thiocarbonyl (C=S) groups is 1. The van der Waals surface area contributed by atoms with Crippen molar-refractivity contribution >= 4 is 34.8 Å². The average molecular weight is 442 g/mol. The monoisotopic (exact) mass is 442 g/mol. The van der Waals surface area contributed by atoms with Crippen LogP contribution in [0, 0.1) is 11.6 Å². The lowest BCUT2D eigenvalue weighted by Gasteiger charge is -2.12. The van der Waals surface area contributed by atoms with E-state index in [1.54, 1.807) is 0 Å². The summed E-state index contributed by atoms with van der Waals surface area (Å²) in [4.78, 5) is 27.0. The van der Waals surface area contributed by atoms with E-state index in [2.05, 4.69) is 15.6 Å². The number of primary amides is 1. The van der Waals surface area contributed by atoms with Gasteiger partial charge in [0.15, 0.2) is 5.11 Å². The summed E-state index contributed by atoms with van der Waals surface area (Å²) >= 11 is 5.03. The van der Waals surface area contributed by atoms with E-state index in [-0.39, 0.29) is 34.4 Å². The Morgan fingerprint density at radius 1 is 1.03 bits per heavy atom. The van der Waals surface area contributed by atoms with Crippen molar-refractivity contribution in [2.24, 2.45) is 5.73 Å². The van der Waals surface area contributed by atoms with Gasteiger partial charge in [0.05, 0.1) is 12.1 Å². The number of benzene rings is 2. The SMILES string of the molecule is NC(=O)c1cc(Oc2ccc(NC(=S)NC(=O)Cc3ccc(F)cc3)c(F)c2)ccn1. The number of hydrogen-bond acceptors (Lipinski definition) is 5. The van der Waals surface area contributed by atoms with Crippen molar-refractivity contribution in [3.05, 3.63) is 83.7 Å². The molecule has 0 spiro atoms. The van der Waals surface area contributed by atoms with Gasteiger partial charge >= 0.3 is 0 Å². The number of ether oxygens (including phenoxy) is 1. The van der Waals surface area contributed by atoms with E-state index in [4.69, 9.17) is 22.7 Å². The van der Waals surface area contributed by atoms with Crippen LogP contribution in [0.2, 0.25) is 0 Å². The minimum absolute atomic E-state index is 0.0120. The number of amides is 2. The van der Waals surface area contributed by atoms with Crippen LogP contribution in [-0.2, 0) is 11.2 Å². The number of anilines is 1. The lowest BCUT2D eigenvalue weighted by atomic mass is 10.1. The van der Waals surface area contributed by atoms with Gasteiger partial charge in [-0.25, -0.2) is 8.78 Å². The molecule has 0 saturated heterocycles. The normalized spacial score (nSPS) is 10.3. The first kappa shape index (κ1) is 21.8. The van der Waals surface area contributed by atoms with Crippen LogP contribution in [0.3, 0.4) is 0 Å². The molecule has 158 valence electrons. The molecular weight excluding hydrogens is 426 g/mol. The molecule has 4 N–H and O–H groups in total. The maximum atomic E-state index is 14.4. The number of halogens is 2. The molecule has 7 nitrogen and oxygen atoms in total. The van der Waals surface area contributed by atoms with Crippen molar-refractivity contribution in [1.82, 2.24) is 10.3 Å². The van der Waals surface area contributed by atoms with Gasteiger partial charge in [0.1, 0.15) is 28.8 Å². The zero-order chi connectivity index (χ0) is 22.4. The van der Waals surface area contributed by atoms with Gasteiger partial charge in [-0.3, -0.25) is 14.6 Å². The summed E-state index contributed by atoms with van der Waals surface area (Å²) in [6.07, 6.45) is 1.32. The van der Waals surface area contributed by atoms with E-state index >= 15 is 0 Å².